The van der Waals surface area contributed by atoms with Gasteiger partial charge in [0.15, 0.2) is 0 Å². The van der Waals surface area contributed by atoms with Gasteiger partial charge in [0.2, 0.25) is 0 Å². The topological polar surface area (TPSA) is 64.7 Å². The van der Waals surface area contributed by atoms with Gasteiger partial charge in [0.05, 0.1) is 6.61 Å². The number of halogens is 1. The van der Waals surface area contributed by atoms with E-state index >= 15 is 0 Å². The third-order valence-electron chi connectivity index (χ3n) is 1.06. The molecular weight excluding hydrogens is 153 g/mol. The van der Waals surface area contributed by atoms with E-state index in [9.17, 15) is 4.53 Å². The molecule has 1 unspecified atom stereocenters. The minimum atomic E-state index is -0.891. The third-order valence-corrected chi connectivity index (χ3v) is 1.06. The van der Waals surface area contributed by atoms with E-state index < -0.39 is 6.10 Å². The molecular formula is C6H14FNO3. The molecule has 0 saturated heterocycles. The second-order valence-electron chi connectivity index (χ2n) is 2.15. The molecule has 5 heteroatoms. The van der Waals surface area contributed by atoms with E-state index in [4.69, 9.17) is 15.6 Å². The molecule has 3 N–H and O–H groups in total. The van der Waals surface area contributed by atoms with Crippen molar-refractivity contribution in [2.45, 2.75) is 12.5 Å². The number of hydrogen-bond donors (Lipinski definition) is 2. The summed E-state index contributed by atoms with van der Waals surface area (Å²) in [5.74, 6) is 0. The van der Waals surface area contributed by atoms with E-state index in [0.717, 1.165) is 6.42 Å². The quantitative estimate of drug-likeness (QED) is 0.507. The zero-order valence-corrected chi connectivity index (χ0v) is 6.33. The molecule has 68 valence electrons. The average molecular weight is 167 g/mol. The van der Waals surface area contributed by atoms with Crippen molar-refractivity contribution < 1.29 is 19.3 Å². The van der Waals surface area contributed by atoms with Crippen molar-refractivity contribution in [3.63, 3.8) is 0 Å². The Labute approximate surface area is 65.0 Å². The van der Waals surface area contributed by atoms with E-state index in [2.05, 4.69) is 4.94 Å². The van der Waals surface area contributed by atoms with Crippen molar-refractivity contribution >= 4 is 0 Å². The van der Waals surface area contributed by atoms with Crippen LogP contribution < -0.4 is 5.73 Å². The lowest BCUT2D eigenvalue weighted by molar-refractivity contribution is -0.164. The van der Waals surface area contributed by atoms with E-state index in [1.165, 1.54) is 0 Å². The molecule has 0 aromatic heterocycles. The van der Waals surface area contributed by atoms with Crippen molar-refractivity contribution in [1.29, 1.82) is 0 Å². The van der Waals surface area contributed by atoms with Crippen molar-refractivity contribution in [3.8, 4) is 0 Å². The van der Waals surface area contributed by atoms with Crippen LogP contribution in [0.3, 0.4) is 0 Å². The van der Waals surface area contributed by atoms with E-state index in [1.54, 1.807) is 0 Å². The van der Waals surface area contributed by atoms with Gasteiger partial charge in [-0.3, -0.25) is 0 Å². The molecule has 0 aliphatic heterocycles. The largest absolute Gasteiger partial charge is 0.388 e. The fraction of sp³-hybridized carbons (Fsp3) is 1.00. The van der Waals surface area contributed by atoms with E-state index in [1.807, 2.05) is 0 Å². The zero-order valence-electron chi connectivity index (χ0n) is 6.33. The molecule has 11 heavy (non-hydrogen) atoms. The first-order chi connectivity index (χ1) is 5.31. The van der Waals surface area contributed by atoms with Gasteiger partial charge >= 0.3 is 0 Å². The highest BCUT2D eigenvalue weighted by molar-refractivity contribution is 4.49. The number of hydrogen-bond acceptors (Lipinski definition) is 4. The minimum absolute atomic E-state index is 0.0872. The predicted molar refractivity (Wildman–Crippen MR) is 37.6 cm³/mol. The number of aliphatic hydroxyl groups excluding tert-OH is 1. The fourth-order valence-corrected chi connectivity index (χ4v) is 0.526. The van der Waals surface area contributed by atoms with Gasteiger partial charge in [0, 0.05) is 6.61 Å². The van der Waals surface area contributed by atoms with Crippen LogP contribution in [0.5, 0.6) is 0 Å². The summed E-state index contributed by atoms with van der Waals surface area (Å²) in [5, 5.41) is 8.83. The summed E-state index contributed by atoms with van der Waals surface area (Å²) in [7, 11) is 0. The van der Waals surface area contributed by atoms with Gasteiger partial charge in [-0.1, -0.05) is 0 Å². The van der Waals surface area contributed by atoms with Crippen molar-refractivity contribution in [2.75, 3.05) is 26.4 Å². The Balaban J connectivity index is 2.97. The van der Waals surface area contributed by atoms with Crippen molar-refractivity contribution in [1.82, 2.24) is 0 Å². The Bertz CT molecular complexity index is 84.2. The Morgan fingerprint density at radius 2 is 2.18 bits per heavy atom. The summed E-state index contributed by atoms with van der Waals surface area (Å²) in [6, 6.07) is 0. The number of aliphatic hydroxyl groups is 1. The maximum Gasteiger partial charge on any atom is 0.116 e. The van der Waals surface area contributed by atoms with E-state index in [-0.39, 0.29) is 13.2 Å². The minimum Gasteiger partial charge on any atom is -0.388 e. The third kappa shape index (κ3) is 7.67. The van der Waals surface area contributed by atoms with Crippen LogP contribution in [0.4, 0.5) is 4.53 Å². The Morgan fingerprint density at radius 1 is 1.45 bits per heavy atom. The molecule has 0 heterocycles. The van der Waals surface area contributed by atoms with Crippen LogP contribution in [0.2, 0.25) is 0 Å². The lowest BCUT2D eigenvalue weighted by Gasteiger charge is -2.07. The molecule has 0 radical (unpaired) electrons. The first-order valence-electron chi connectivity index (χ1n) is 3.50. The maximum atomic E-state index is 11.1. The van der Waals surface area contributed by atoms with Gasteiger partial charge in [0.1, 0.15) is 12.7 Å². The monoisotopic (exact) mass is 167 g/mol. The number of ether oxygens (including phenoxy) is 1. The highest BCUT2D eigenvalue weighted by Gasteiger charge is 2.03. The van der Waals surface area contributed by atoms with Crippen LogP contribution in [-0.4, -0.2) is 37.6 Å². The summed E-state index contributed by atoms with van der Waals surface area (Å²) >= 11 is 0. The molecule has 0 rings (SSSR count). The summed E-state index contributed by atoms with van der Waals surface area (Å²) in [6.07, 6.45) is -0.152. The molecule has 0 aliphatic carbocycles. The first-order valence-corrected chi connectivity index (χ1v) is 3.50. The summed E-state index contributed by atoms with van der Waals surface area (Å²) in [4.78, 5) is 3.21. The summed E-state index contributed by atoms with van der Waals surface area (Å²) < 4.78 is 16.0. The van der Waals surface area contributed by atoms with Crippen molar-refractivity contribution in [3.05, 3.63) is 0 Å². The highest BCUT2D eigenvalue weighted by Crippen LogP contribution is 1.88. The average Bonchev–Trinajstić information content (AvgIpc) is 1.99. The summed E-state index contributed by atoms with van der Waals surface area (Å²) in [6.45, 7) is 0.780. The predicted octanol–water partition coefficient (Wildman–Crippen LogP) is -0.386. The SMILES string of the molecule is NCCCOCC(O)COF. The lowest BCUT2D eigenvalue weighted by atomic mass is 10.4. The molecule has 4 nitrogen and oxygen atoms in total. The second-order valence-corrected chi connectivity index (χ2v) is 2.15. The smallest absolute Gasteiger partial charge is 0.116 e. The molecule has 0 aromatic rings. The highest BCUT2D eigenvalue weighted by atomic mass is 19.3. The molecule has 0 aliphatic rings. The Morgan fingerprint density at radius 3 is 2.73 bits per heavy atom. The second kappa shape index (κ2) is 7.87. The van der Waals surface area contributed by atoms with Gasteiger partial charge < -0.3 is 15.6 Å². The van der Waals surface area contributed by atoms with Crippen LogP contribution >= 0.6 is 0 Å². The maximum absolute atomic E-state index is 11.1. The van der Waals surface area contributed by atoms with Gasteiger partial charge in [-0.2, -0.15) is 4.94 Å². The van der Waals surface area contributed by atoms with Crippen LogP contribution in [-0.2, 0) is 9.68 Å². The van der Waals surface area contributed by atoms with Crippen molar-refractivity contribution in [2.24, 2.45) is 5.73 Å². The van der Waals surface area contributed by atoms with Gasteiger partial charge in [0.25, 0.3) is 0 Å². The fourth-order valence-electron chi connectivity index (χ4n) is 0.526. The van der Waals surface area contributed by atoms with Gasteiger partial charge in [-0.15, -0.1) is 0 Å². The van der Waals surface area contributed by atoms with Crippen LogP contribution in [0.1, 0.15) is 6.42 Å². The zero-order chi connectivity index (χ0) is 8.53. The molecule has 1 atom stereocenters. The molecule has 0 bridgehead atoms. The molecule has 0 fully saturated rings. The molecule has 0 amide bonds. The summed E-state index contributed by atoms with van der Waals surface area (Å²) in [5.41, 5.74) is 5.18. The Hall–Kier alpha value is -0.230. The molecule has 0 spiro atoms. The van der Waals surface area contributed by atoms with Gasteiger partial charge in [-0.05, 0) is 17.5 Å². The first kappa shape index (κ1) is 10.8. The standard InChI is InChI=1S/C6H14FNO3/c7-11-5-6(9)4-10-3-1-2-8/h6,9H,1-5,8H2. The molecule has 0 aromatic carbocycles. The van der Waals surface area contributed by atoms with Crippen LogP contribution in [0, 0.1) is 0 Å². The van der Waals surface area contributed by atoms with Crippen LogP contribution in [0.15, 0.2) is 0 Å². The normalized spacial score (nSPS) is 13.4. The Kier molecular flexibility index (Phi) is 7.71. The lowest BCUT2D eigenvalue weighted by Crippen LogP contribution is -2.20. The van der Waals surface area contributed by atoms with Crippen LogP contribution in [0.25, 0.3) is 0 Å². The molecule has 0 saturated carbocycles. The number of rotatable bonds is 7. The van der Waals surface area contributed by atoms with E-state index in [0.29, 0.717) is 13.2 Å². The van der Waals surface area contributed by atoms with Gasteiger partial charge in [-0.25, -0.2) is 0 Å². The number of nitrogens with two attached hydrogens (primary N) is 1.